The van der Waals surface area contributed by atoms with Crippen molar-refractivity contribution < 1.29 is 14.3 Å². The summed E-state index contributed by atoms with van der Waals surface area (Å²) in [5.41, 5.74) is 8.86. The second-order valence-electron chi connectivity index (χ2n) is 6.15. The van der Waals surface area contributed by atoms with Crippen LogP contribution in [0.4, 0.5) is 11.4 Å². The molecule has 2 rings (SSSR count). The Morgan fingerprint density at radius 2 is 1.86 bits per heavy atom. The molecule has 0 saturated heterocycles. The summed E-state index contributed by atoms with van der Waals surface area (Å²) in [6.07, 6.45) is 1.04. The second kappa shape index (κ2) is 11.4. The lowest BCUT2D eigenvalue weighted by Crippen LogP contribution is -2.28. The Hall–Kier alpha value is -2.44. The Labute approximate surface area is 176 Å². The number of nitrogens with two attached hydrogens (primary N) is 1. The molecule has 2 aromatic carbocycles. The summed E-state index contributed by atoms with van der Waals surface area (Å²) in [6.45, 7) is 2.10. The molecule has 0 heterocycles. The van der Waals surface area contributed by atoms with Crippen LogP contribution in [-0.4, -0.2) is 25.5 Å². The van der Waals surface area contributed by atoms with Crippen LogP contribution in [0.15, 0.2) is 36.4 Å². The minimum absolute atomic E-state index is 0. The van der Waals surface area contributed by atoms with Gasteiger partial charge >= 0.3 is 0 Å². The van der Waals surface area contributed by atoms with Crippen molar-refractivity contribution in [2.75, 3.05) is 24.7 Å². The highest BCUT2D eigenvalue weighted by molar-refractivity contribution is 6.31. The number of ether oxygens (including phenoxy) is 1. The van der Waals surface area contributed by atoms with E-state index in [4.69, 9.17) is 22.1 Å². The molecule has 2 aromatic rings. The van der Waals surface area contributed by atoms with E-state index in [9.17, 15) is 9.59 Å². The van der Waals surface area contributed by atoms with Gasteiger partial charge < -0.3 is 21.1 Å². The third-order valence-corrected chi connectivity index (χ3v) is 4.51. The van der Waals surface area contributed by atoms with E-state index >= 15 is 0 Å². The van der Waals surface area contributed by atoms with Crippen LogP contribution in [0, 0.1) is 6.92 Å². The quantitative estimate of drug-likeness (QED) is 0.561. The lowest BCUT2D eigenvalue weighted by atomic mass is 10.1. The summed E-state index contributed by atoms with van der Waals surface area (Å²) in [4.78, 5) is 24.0. The van der Waals surface area contributed by atoms with Gasteiger partial charge in [-0.1, -0.05) is 29.8 Å². The Bertz CT molecular complexity index is 828. The monoisotopic (exact) mass is 425 g/mol. The van der Waals surface area contributed by atoms with Gasteiger partial charge in [-0.25, -0.2) is 0 Å². The zero-order chi connectivity index (χ0) is 19.8. The van der Waals surface area contributed by atoms with E-state index in [1.165, 1.54) is 7.11 Å². The first-order chi connectivity index (χ1) is 12.9. The molecule has 28 heavy (non-hydrogen) atoms. The summed E-state index contributed by atoms with van der Waals surface area (Å²) in [7, 11) is 1.51. The van der Waals surface area contributed by atoms with Gasteiger partial charge in [-0.3, -0.25) is 9.59 Å². The average molecular weight is 426 g/mol. The highest BCUT2D eigenvalue weighted by Gasteiger charge is 2.11. The van der Waals surface area contributed by atoms with Gasteiger partial charge in [-0.05, 0) is 36.6 Å². The van der Waals surface area contributed by atoms with Gasteiger partial charge in [0.2, 0.25) is 11.8 Å². The molecular formula is C20H25Cl2N3O3. The standard InChI is InChI=1S/C20H24ClN3O3.ClH/c1-13-11-17(18(27-2)12-15(13)21)24-20(26)9-10-23-19(25)8-7-14-5-3-4-6-16(14)22;/h3-6,11-12H,7-10,22H2,1-2H3,(H,23,25)(H,24,26);1H. The number of para-hydroxylation sites is 1. The van der Waals surface area contributed by atoms with Crippen LogP contribution >= 0.6 is 24.0 Å². The maximum atomic E-state index is 12.1. The predicted molar refractivity (Wildman–Crippen MR) is 115 cm³/mol. The SMILES string of the molecule is COc1cc(Cl)c(C)cc1NC(=O)CCNC(=O)CCc1ccccc1N.Cl. The maximum absolute atomic E-state index is 12.1. The zero-order valence-electron chi connectivity index (χ0n) is 15.9. The molecule has 2 amide bonds. The van der Waals surface area contributed by atoms with Crippen LogP contribution in [0.25, 0.3) is 0 Å². The number of hydrogen-bond donors (Lipinski definition) is 3. The summed E-state index contributed by atoms with van der Waals surface area (Å²) in [5.74, 6) is 0.150. The van der Waals surface area contributed by atoms with Crippen molar-refractivity contribution >= 4 is 47.2 Å². The maximum Gasteiger partial charge on any atom is 0.226 e. The number of methoxy groups -OCH3 is 1. The number of aryl methyl sites for hydroxylation is 2. The molecule has 0 unspecified atom stereocenters. The lowest BCUT2D eigenvalue weighted by Gasteiger charge is -2.12. The van der Waals surface area contributed by atoms with Crippen LogP contribution in [-0.2, 0) is 16.0 Å². The van der Waals surface area contributed by atoms with E-state index in [2.05, 4.69) is 10.6 Å². The number of halogens is 2. The van der Waals surface area contributed by atoms with E-state index in [0.717, 1.165) is 11.1 Å². The molecule has 0 aromatic heterocycles. The number of carbonyl (C=O) groups is 2. The minimum Gasteiger partial charge on any atom is -0.495 e. The summed E-state index contributed by atoms with van der Waals surface area (Å²) in [5, 5.41) is 6.09. The number of carbonyl (C=O) groups excluding carboxylic acids is 2. The minimum atomic E-state index is -0.220. The molecule has 0 radical (unpaired) electrons. The fourth-order valence-corrected chi connectivity index (χ4v) is 2.71. The van der Waals surface area contributed by atoms with Crippen molar-refractivity contribution in [3.63, 3.8) is 0 Å². The van der Waals surface area contributed by atoms with E-state index in [1.807, 2.05) is 31.2 Å². The molecule has 0 aliphatic heterocycles. The summed E-state index contributed by atoms with van der Waals surface area (Å²) in [6, 6.07) is 10.9. The van der Waals surface area contributed by atoms with Gasteiger partial charge in [0, 0.05) is 36.2 Å². The van der Waals surface area contributed by atoms with Crippen molar-refractivity contribution in [3.8, 4) is 5.75 Å². The van der Waals surface area contributed by atoms with Gasteiger partial charge in [-0.2, -0.15) is 0 Å². The molecule has 152 valence electrons. The number of anilines is 2. The first-order valence-corrected chi connectivity index (χ1v) is 9.02. The van der Waals surface area contributed by atoms with Crippen LogP contribution < -0.4 is 21.1 Å². The van der Waals surface area contributed by atoms with Crippen molar-refractivity contribution in [2.45, 2.75) is 26.2 Å². The Balaban J connectivity index is 0.00000392. The smallest absolute Gasteiger partial charge is 0.226 e. The first-order valence-electron chi connectivity index (χ1n) is 8.64. The number of nitrogens with one attached hydrogen (secondary N) is 2. The van der Waals surface area contributed by atoms with Gasteiger partial charge in [0.25, 0.3) is 0 Å². The van der Waals surface area contributed by atoms with Crippen molar-refractivity contribution in [2.24, 2.45) is 0 Å². The van der Waals surface area contributed by atoms with Crippen LogP contribution in [0.2, 0.25) is 5.02 Å². The fraction of sp³-hybridized carbons (Fsp3) is 0.300. The molecule has 0 aliphatic carbocycles. The number of hydrogen-bond acceptors (Lipinski definition) is 4. The number of rotatable bonds is 8. The highest BCUT2D eigenvalue weighted by Crippen LogP contribution is 2.30. The fourth-order valence-electron chi connectivity index (χ4n) is 2.56. The lowest BCUT2D eigenvalue weighted by molar-refractivity contribution is -0.121. The zero-order valence-corrected chi connectivity index (χ0v) is 17.5. The normalized spacial score (nSPS) is 9.96. The predicted octanol–water partition coefficient (Wildman–Crippen LogP) is 3.74. The summed E-state index contributed by atoms with van der Waals surface area (Å²) >= 11 is 6.06. The molecule has 0 spiro atoms. The number of benzene rings is 2. The number of amides is 2. The van der Waals surface area contributed by atoms with Gasteiger partial charge in [0.1, 0.15) is 5.75 Å². The van der Waals surface area contributed by atoms with Crippen molar-refractivity contribution in [1.29, 1.82) is 0 Å². The van der Waals surface area contributed by atoms with Crippen LogP contribution in [0.5, 0.6) is 5.75 Å². The Kier molecular flexibility index (Phi) is 9.62. The molecule has 0 saturated carbocycles. The molecule has 0 bridgehead atoms. The van der Waals surface area contributed by atoms with Crippen molar-refractivity contribution in [1.82, 2.24) is 5.32 Å². The van der Waals surface area contributed by atoms with Gasteiger partial charge in [0.05, 0.1) is 12.8 Å². The van der Waals surface area contributed by atoms with Crippen molar-refractivity contribution in [3.05, 3.63) is 52.5 Å². The average Bonchev–Trinajstić information content (AvgIpc) is 2.64. The molecule has 6 nitrogen and oxygen atoms in total. The topological polar surface area (TPSA) is 93.5 Å². The Morgan fingerprint density at radius 3 is 2.54 bits per heavy atom. The largest absolute Gasteiger partial charge is 0.495 e. The van der Waals surface area contributed by atoms with Crippen LogP contribution in [0.1, 0.15) is 24.0 Å². The van der Waals surface area contributed by atoms with E-state index in [0.29, 0.717) is 35.0 Å². The number of nitrogen functional groups attached to an aromatic ring is 1. The van der Waals surface area contributed by atoms with Gasteiger partial charge in [-0.15, -0.1) is 12.4 Å². The van der Waals surface area contributed by atoms with E-state index in [1.54, 1.807) is 12.1 Å². The van der Waals surface area contributed by atoms with E-state index in [-0.39, 0.29) is 37.2 Å². The highest BCUT2D eigenvalue weighted by atomic mass is 35.5. The molecule has 0 fully saturated rings. The molecule has 8 heteroatoms. The third-order valence-electron chi connectivity index (χ3n) is 4.11. The second-order valence-corrected chi connectivity index (χ2v) is 6.56. The third kappa shape index (κ3) is 6.94. The van der Waals surface area contributed by atoms with E-state index < -0.39 is 0 Å². The first kappa shape index (κ1) is 23.6. The Morgan fingerprint density at radius 1 is 1.14 bits per heavy atom. The van der Waals surface area contributed by atoms with Crippen LogP contribution in [0.3, 0.4) is 0 Å². The molecular weight excluding hydrogens is 401 g/mol. The molecule has 0 atom stereocenters. The van der Waals surface area contributed by atoms with Gasteiger partial charge in [0.15, 0.2) is 0 Å². The molecule has 0 aliphatic rings. The molecule has 4 N–H and O–H groups in total. The summed E-state index contributed by atoms with van der Waals surface area (Å²) < 4.78 is 5.23.